The van der Waals surface area contributed by atoms with E-state index in [0.717, 1.165) is 40.9 Å². The van der Waals surface area contributed by atoms with Crippen molar-refractivity contribution in [3.8, 4) is 22.1 Å². The van der Waals surface area contributed by atoms with Gasteiger partial charge < -0.3 is 25.4 Å². The van der Waals surface area contributed by atoms with E-state index in [4.69, 9.17) is 9.47 Å². The molecule has 0 bridgehead atoms. The number of alkyl halides is 3. The summed E-state index contributed by atoms with van der Waals surface area (Å²) in [4.78, 5) is 22.0. The molecule has 3 heterocycles. The van der Waals surface area contributed by atoms with Crippen LogP contribution in [-0.2, 0) is 16.1 Å². The molecule has 0 saturated carbocycles. The summed E-state index contributed by atoms with van der Waals surface area (Å²) in [5.74, 6) is -2.34. The maximum absolute atomic E-state index is 15.1. The zero-order chi connectivity index (χ0) is 32.7. The number of halogens is 5. The van der Waals surface area contributed by atoms with Crippen molar-refractivity contribution in [1.82, 2.24) is 15.3 Å². The molecule has 0 saturated heterocycles. The zero-order valence-corrected chi connectivity index (χ0v) is 25.1. The summed E-state index contributed by atoms with van der Waals surface area (Å²) in [6.45, 7) is 1.97. The van der Waals surface area contributed by atoms with Crippen molar-refractivity contribution in [2.45, 2.75) is 25.2 Å². The van der Waals surface area contributed by atoms with Crippen molar-refractivity contribution in [1.29, 1.82) is 0 Å². The Labute approximate surface area is 264 Å². The van der Waals surface area contributed by atoms with Crippen molar-refractivity contribution < 1.29 is 36.2 Å². The van der Waals surface area contributed by atoms with E-state index < -0.39 is 36.2 Å². The quantitative estimate of drug-likeness (QED) is 0.0890. The molecule has 8 nitrogen and oxygen atoms in total. The van der Waals surface area contributed by atoms with Gasteiger partial charge in [0.15, 0.2) is 11.6 Å². The van der Waals surface area contributed by atoms with Gasteiger partial charge in [0.25, 0.3) is 0 Å². The molecule has 5 aromatic rings. The third kappa shape index (κ3) is 8.53. The number of fused-ring (bicyclic) bond motifs is 1. The van der Waals surface area contributed by atoms with Crippen LogP contribution < -0.4 is 20.7 Å². The van der Waals surface area contributed by atoms with Crippen molar-refractivity contribution in [2.75, 3.05) is 30.9 Å². The van der Waals surface area contributed by atoms with E-state index in [9.17, 15) is 22.4 Å². The highest BCUT2D eigenvalue weighted by Gasteiger charge is 2.41. The molecule has 1 amide bonds. The van der Waals surface area contributed by atoms with Gasteiger partial charge in [0.1, 0.15) is 17.6 Å². The van der Waals surface area contributed by atoms with Gasteiger partial charge in [-0.25, -0.2) is 8.78 Å². The first-order chi connectivity index (χ1) is 22.1. The third-order valence-electron chi connectivity index (χ3n) is 6.67. The highest BCUT2D eigenvalue weighted by molar-refractivity contribution is 7.22. The molecule has 0 radical (unpaired) electrons. The Morgan fingerprint density at radius 3 is 2.43 bits per heavy atom. The summed E-state index contributed by atoms with van der Waals surface area (Å²) in [7, 11) is 1.64. The average molecular weight is 658 g/mol. The maximum Gasteiger partial charge on any atom is 0.409 e. The molecule has 5 rings (SSSR count). The fourth-order valence-electron chi connectivity index (χ4n) is 4.38. The second-order valence-corrected chi connectivity index (χ2v) is 11.2. The summed E-state index contributed by atoms with van der Waals surface area (Å²) in [6.07, 6.45) is -2.55. The SMILES string of the molecule is COCCNCc1ccc(-c2cc3nccc(Oc4ccc(NC(CC(=O)Nc5ccc(F)cc5)C(F)(F)F)cc4F)c3s2)nc1. The normalized spacial score (nSPS) is 12.2. The van der Waals surface area contributed by atoms with Crippen LogP contribution in [0, 0.1) is 11.6 Å². The third-order valence-corrected chi connectivity index (χ3v) is 7.83. The van der Waals surface area contributed by atoms with Gasteiger partial charge in [-0.15, -0.1) is 11.3 Å². The van der Waals surface area contributed by atoms with E-state index >= 15 is 4.39 Å². The van der Waals surface area contributed by atoms with Gasteiger partial charge in [-0.1, -0.05) is 6.07 Å². The second-order valence-electron chi connectivity index (χ2n) is 10.1. The molecule has 3 aromatic heterocycles. The van der Waals surface area contributed by atoms with Crippen LogP contribution in [0.2, 0.25) is 0 Å². The lowest BCUT2D eigenvalue weighted by Crippen LogP contribution is -2.39. The van der Waals surface area contributed by atoms with Crippen LogP contribution in [0.3, 0.4) is 0 Å². The van der Waals surface area contributed by atoms with Crippen LogP contribution in [0.25, 0.3) is 20.8 Å². The van der Waals surface area contributed by atoms with Crippen LogP contribution in [0.4, 0.5) is 33.3 Å². The van der Waals surface area contributed by atoms with Crippen LogP contribution in [0.15, 0.2) is 79.1 Å². The number of pyridine rings is 2. The number of ether oxygens (including phenoxy) is 2. The Hall–Kier alpha value is -4.66. The lowest BCUT2D eigenvalue weighted by Gasteiger charge is -2.22. The number of carbonyl (C=O) groups is 1. The highest BCUT2D eigenvalue weighted by atomic mass is 32.1. The number of methoxy groups -OCH3 is 1. The number of carbonyl (C=O) groups excluding carboxylic acids is 1. The summed E-state index contributed by atoms with van der Waals surface area (Å²) >= 11 is 1.36. The number of hydrogen-bond donors (Lipinski definition) is 3. The van der Waals surface area contributed by atoms with Gasteiger partial charge in [0.05, 0.1) is 33.8 Å². The number of rotatable bonds is 13. The smallest absolute Gasteiger partial charge is 0.409 e. The molecular formula is C32H28F5N5O3S. The molecule has 46 heavy (non-hydrogen) atoms. The van der Waals surface area contributed by atoms with Gasteiger partial charge in [0, 0.05) is 56.1 Å². The van der Waals surface area contributed by atoms with E-state index in [1.54, 1.807) is 19.4 Å². The molecular weight excluding hydrogens is 629 g/mol. The number of nitrogens with zero attached hydrogens (tertiary/aromatic N) is 2. The van der Waals surface area contributed by atoms with E-state index in [0.29, 0.717) is 29.1 Å². The topological polar surface area (TPSA) is 97.4 Å². The molecule has 3 N–H and O–H groups in total. The van der Waals surface area contributed by atoms with Gasteiger partial charge in [0.2, 0.25) is 5.91 Å². The lowest BCUT2D eigenvalue weighted by molar-refractivity contribution is -0.148. The summed E-state index contributed by atoms with van der Waals surface area (Å²) in [5, 5.41) is 7.73. The standard InChI is InChI=1S/C32H28F5N5O3S/c1-44-13-12-38-17-19-2-8-24(40-18-19)28-15-25-31(46-28)27(10-11-39-25)45-26-9-7-22(14-23(26)34)41-29(32(35,36)37)16-30(43)42-21-5-3-20(33)4-6-21/h2-11,14-15,18,29,38,41H,12-13,16-17H2,1H3,(H,42,43). The lowest BCUT2D eigenvalue weighted by atomic mass is 10.1. The number of benzene rings is 2. The van der Waals surface area contributed by atoms with Crippen molar-refractivity contribution in [2.24, 2.45) is 0 Å². The predicted molar refractivity (Wildman–Crippen MR) is 166 cm³/mol. The minimum absolute atomic E-state index is 0.138. The molecule has 0 spiro atoms. The summed E-state index contributed by atoms with van der Waals surface area (Å²) in [5.41, 5.74) is 2.27. The molecule has 1 unspecified atom stereocenters. The molecule has 0 aliphatic rings. The van der Waals surface area contributed by atoms with Crippen LogP contribution in [0.5, 0.6) is 11.5 Å². The Morgan fingerprint density at radius 2 is 1.74 bits per heavy atom. The maximum atomic E-state index is 15.1. The van der Waals surface area contributed by atoms with Crippen LogP contribution in [0.1, 0.15) is 12.0 Å². The largest absolute Gasteiger partial charge is 0.453 e. The summed E-state index contributed by atoms with van der Waals surface area (Å²) < 4.78 is 81.0. The van der Waals surface area contributed by atoms with Crippen molar-refractivity contribution >= 4 is 38.8 Å². The second kappa shape index (κ2) is 14.6. The minimum atomic E-state index is -4.83. The minimum Gasteiger partial charge on any atom is -0.453 e. The average Bonchev–Trinajstić information content (AvgIpc) is 3.47. The van der Waals surface area contributed by atoms with Crippen LogP contribution >= 0.6 is 11.3 Å². The van der Waals surface area contributed by atoms with Gasteiger partial charge in [-0.3, -0.25) is 14.8 Å². The van der Waals surface area contributed by atoms with Crippen molar-refractivity contribution in [3.05, 3.63) is 96.3 Å². The first-order valence-electron chi connectivity index (χ1n) is 14.0. The number of aromatic nitrogens is 2. The zero-order valence-electron chi connectivity index (χ0n) is 24.3. The highest BCUT2D eigenvalue weighted by Crippen LogP contribution is 2.39. The molecule has 0 fully saturated rings. The Bertz CT molecular complexity index is 1780. The molecule has 0 aliphatic heterocycles. The number of nitrogens with one attached hydrogen (secondary N) is 3. The molecule has 2 aromatic carbocycles. The fraction of sp³-hybridized carbons (Fsp3) is 0.219. The fourth-order valence-corrected chi connectivity index (χ4v) is 5.42. The number of hydrogen-bond acceptors (Lipinski definition) is 8. The molecule has 240 valence electrons. The first kappa shape index (κ1) is 32.7. The van der Waals surface area contributed by atoms with E-state index in [1.807, 2.05) is 18.2 Å². The predicted octanol–water partition coefficient (Wildman–Crippen LogP) is 7.54. The molecule has 1 atom stereocenters. The molecule has 14 heteroatoms. The van der Waals surface area contributed by atoms with Gasteiger partial charge in [-0.2, -0.15) is 13.2 Å². The van der Waals surface area contributed by atoms with Crippen LogP contribution in [-0.4, -0.2) is 48.4 Å². The Kier molecular flexibility index (Phi) is 10.4. The number of amides is 1. The monoisotopic (exact) mass is 657 g/mol. The Morgan fingerprint density at radius 1 is 0.957 bits per heavy atom. The Balaban J connectivity index is 1.27. The van der Waals surface area contributed by atoms with Crippen molar-refractivity contribution in [3.63, 3.8) is 0 Å². The van der Waals surface area contributed by atoms with E-state index in [1.165, 1.54) is 41.8 Å². The van der Waals surface area contributed by atoms with E-state index in [-0.39, 0.29) is 17.1 Å². The number of anilines is 2. The van der Waals surface area contributed by atoms with Gasteiger partial charge >= 0.3 is 6.18 Å². The number of thiophene rings is 1. The van der Waals surface area contributed by atoms with Gasteiger partial charge in [-0.05, 0) is 54.1 Å². The van der Waals surface area contributed by atoms with E-state index in [2.05, 4.69) is 25.9 Å². The summed E-state index contributed by atoms with van der Waals surface area (Å²) in [6, 6.07) is 12.8. The first-order valence-corrected chi connectivity index (χ1v) is 14.8. The molecule has 0 aliphatic carbocycles.